The fourth-order valence-corrected chi connectivity index (χ4v) is 2.60. The average Bonchev–Trinajstić information content (AvgIpc) is 3.23. The van der Waals surface area contributed by atoms with Crippen LogP contribution in [0.3, 0.4) is 0 Å². The highest BCUT2D eigenvalue weighted by atomic mass is 35.5. The van der Waals surface area contributed by atoms with Crippen molar-refractivity contribution in [2.45, 2.75) is 13.1 Å². The van der Waals surface area contributed by atoms with E-state index in [4.69, 9.17) is 20.4 Å². The number of hydrogen-bond acceptors (Lipinski definition) is 3. The second kappa shape index (κ2) is 7.86. The summed E-state index contributed by atoms with van der Waals surface area (Å²) < 4.78 is 10.8. The topological polar surface area (TPSA) is 59.8 Å². The summed E-state index contributed by atoms with van der Waals surface area (Å²) in [5, 5.41) is 3.51. The van der Waals surface area contributed by atoms with Gasteiger partial charge in [-0.3, -0.25) is 4.79 Å². The second-order valence-electron chi connectivity index (χ2n) is 5.49. The van der Waals surface area contributed by atoms with Gasteiger partial charge in [-0.05, 0) is 48.5 Å². The van der Waals surface area contributed by atoms with Crippen molar-refractivity contribution in [1.82, 2.24) is 0 Å². The highest BCUT2D eigenvalue weighted by Gasteiger charge is 2.18. The molecule has 0 saturated carbocycles. The van der Waals surface area contributed by atoms with Crippen molar-refractivity contribution in [2.75, 3.05) is 11.9 Å². The molecule has 1 aromatic carbocycles. The molecule has 0 aliphatic carbocycles. The normalized spacial score (nSPS) is 10.9. The van der Waals surface area contributed by atoms with Crippen LogP contribution in [0.1, 0.15) is 11.5 Å². The van der Waals surface area contributed by atoms with Crippen LogP contribution in [0, 0.1) is 0 Å². The number of benzene rings is 1. The van der Waals surface area contributed by atoms with Crippen LogP contribution in [0.4, 0.5) is 5.69 Å². The average molecular weight is 346 g/mol. The molecule has 24 heavy (non-hydrogen) atoms. The molecule has 1 amide bonds. The minimum absolute atomic E-state index is 0.0783. The van der Waals surface area contributed by atoms with E-state index < -0.39 is 0 Å². The number of amides is 1. The fourth-order valence-electron chi connectivity index (χ4n) is 2.47. The van der Waals surface area contributed by atoms with Crippen molar-refractivity contribution in [3.05, 3.63) is 77.6 Å². The molecule has 0 atom stereocenters. The van der Waals surface area contributed by atoms with Gasteiger partial charge in [0.1, 0.15) is 13.1 Å². The number of nitrogens with one attached hydrogen (secondary N) is 2. The first-order chi connectivity index (χ1) is 11.7. The Morgan fingerprint density at radius 3 is 2.04 bits per heavy atom. The minimum Gasteiger partial charge on any atom is -0.463 e. The van der Waals surface area contributed by atoms with Crippen LogP contribution in [-0.2, 0) is 17.9 Å². The standard InChI is InChI=1S/C18H17ClN2O3/c19-14-5-7-15(8-6-14)20-18(22)13-21(11-16-3-1-9-23-16)12-17-4-2-10-24-17/h1-10H,11-13H2,(H,20,22)/p+1. The van der Waals surface area contributed by atoms with Crippen LogP contribution in [0.15, 0.2) is 69.9 Å². The van der Waals surface area contributed by atoms with E-state index in [1.54, 1.807) is 36.8 Å². The number of anilines is 1. The zero-order valence-corrected chi connectivity index (χ0v) is 13.8. The van der Waals surface area contributed by atoms with Crippen molar-refractivity contribution in [2.24, 2.45) is 0 Å². The maximum absolute atomic E-state index is 12.3. The van der Waals surface area contributed by atoms with Crippen molar-refractivity contribution in [3.63, 3.8) is 0 Å². The number of carbonyl (C=O) groups is 1. The van der Waals surface area contributed by atoms with Crippen LogP contribution >= 0.6 is 11.6 Å². The fraction of sp³-hybridized carbons (Fsp3) is 0.167. The Balaban J connectivity index is 1.63. The summed E-state index contributed by atoms with van der Waals surface area (Å²) in [7, 11) is 0. The lowest BCUT2D eigenvalue weighted by atomic mass is 10.3. The van der Waals surface area contributed by atoms with Gasteiger partial charge in [0.15, 0.2) is 18.1 Å². The van der Waals surface area contributed by atoms with Gasteiger partial charge in [-0.1, -0.05) is 11.6 Å². The predicted octanol–water partition coefficient (Wildman–Crippen LogP) is 2.75. The summed E-state index contributed by atoms with van der Waals surface area (Å²) in [6.07, 6.45) is 3.27. The molecule has 2 aromatic heterocycles. The molecular formula is C18H18ClN2O3+. The first-order valence-corrected chi connectivity index (χ1v) is 8.00. The largest absolute Gasteiger partial charge is 0.463 e. The van der Waals surface area contributed by atoms with Gasteiger partial charge in [0, 0.05) is 10.7 Å². The summed E-state index contributed by atoms with van der Waals surface area (Å²) in [6, 6.07) is 14.5. The van der Waals surface area contributed by atoms with Gasteiger partial charge in [0.05, 0.1) is 12.5 Å². The van der Waals surface area contributed by atoms with E-state index in [0.29, 0.717) is 24.7 Å². The molecule has 0 aliphatic heterocycles. The Hall–Kier alpha value is -2.50. The molecule has 2 heterocycles. The molecule has 3 rings (SSSR count). The molecule has 3 aromatic rings. The zero-order valence-electron chi connectivity index (χ0n) is 13.0. The van der Waals surface area contributed by atoms with Gasteiger partial charge >= 0.3 is 0 Å². The van der Waals surface area contributed by atoms with E-state index >= 15 is 0 Å². The number of halogens is 1. The lowest BCUT2D eigenvalue weighted by Crippen LogP contribution is -3.10. The monoisotopic (exact) mass is 345 g/mol. The highest BCUT2D eigenvalue weighted by molar-refractivity contribution is 6.30. The van der Waals surface area contributed by atoms with E-state index in [2.05, 4.69) is 5.32 Å². The van der Waals surface area contributed by atoms with Gasteiger partial charge < -0.3 is 19.1 Å². The third-order valence-corrected chi connectivity index (χ3v) is 3.80. The lowest BCUT2D eigenvalue weighted by Gasteiger charge is -2.17. The van der Waals surface area contributed by atoms with E-state index in [-0.39, 0.29) is 5.91 Å². The number of furan rings is 2. The third kappa shape index (κ3) is 4.75. The summed E-state index contributed by atoms with van der Waals surface area (Å²) in [6.45, 7) is 1.49. The molecule has 0 spiro atoms. The minimum atomic E-state index is -0.0783. The molecule has 124 valence electrons. The molecule has 0 fully saturated rings. The first-order valence-electron chi connectivity index (χ1n) is 7.63. The summed E-state index contributed by atoms with van der Waals surface area (Å²) in [4.78, 5) is 13.4. The number of quaternary nitrogens is 1. The molecule has 5 nitrogen and oxygen atoms in total. The second-order valence-corrected chi connectivity index (χ2v) is 5.93. The quantitative estimate of drug-likeness (QED) is 0.692. The van der Waals surface area contributed by atoms with E-state index in [9.17, 15) is 4.79 Å². The Morgan fingerprint density at radius 2 is 1.54 bits per heavy atom. The first kappa shape index (κ1) is 16.4. The SMILES string of the molecule is O=C(C[NH+](Cc1ccco1)Cc1ccco1)Nc1ccc(Cl)cc1. The van der Waals surface area contributed by atoms with Crippen LogP contribution in [0.5, 0.6) is 0 Å². The van der Waals surface area contributed by atoms with Gasteiger partial charge in [-0.15, -0.1) is 0 Å². The molecule has 0 saturated heterocycles. The van der Waals surface area contributed by atoms with Gasteiger partial charge in [-0.2, -0.15) is 0 Å². The smallest absolute Gasteiger partial charge is 0.279 e. The van der Waals surface area contributed by atoms with Gasteiger partial charge in [0.2, 0.25) is 0 Å². The van der Waals surface area contributed by atoms with Crippen LogP contribution in [-0.4, -0.2) is 12.5 Å². The molecule has 0 unspecified atom stereocenters. The Bertz CT molecular complexity index is 716. The van der Waals surface area contributed by atoms with Crippen molar-refractivity contribution in [3.8, 4) is 0 Å². The lowest BCUT2D eigenvalue weighted by molar-refractivity contribution is -0.921. The Morgan fingerprint density at radius 1 is 0.958 bits per heavy atom. The Kier molecular flexibility index (Phi) is 5.36. The summed E-state index contributed by atoms with van der Waals surface area (Å²) in [5.41, 5.74) is 0.722. The predicted molar refractivity (Wildman–Crippen MR) is 90.7 cm³/mol. The highest BCUT2D eigenvalue weighted by Crippen LogP contribution is 2.13. The number of rotatable bonds is 7. The molecule has 0 radical (unpaired) electrons. The summed E-state index contributed by atoms with van der Waals surface area (Å²) in [5.74, 6) is 1.58. The van der Waals surface area contributed by atoms with Gasteiger partial charge in [-0.25, -0.2) is 0 Å². The molecular weight excluding hydrogens is 328 g/mol. The number of carbonyl (C=O) groups excluding carboxylic acids is 1. The molecule has 0 aliphatic rings. The van der Waals surface area contributed by atoms with Crippen LogP contribution in [0.2, 0.25) is 5.02 Å². The van der Waals surface area contributed by atoms with E-state index in [0.717, 1.165) is 22.1 Å². The molecule has 2 N–H and O–H groups in total. The molecule has 0 bridgehead atoms. The molecule has 6 heteroatoms. The Labute approximate surface area is 144 Å². The van der Waals surface area contributed by atoms with Crippen molar-refractivity contribution >= 4 is 23.2 Å². The van der Waals surface area contributed by atoms with Crippen LogP contribution < -0.4 is 10.2 Å². The van der Waals surface area contributed by atoms with Crippen LogP contribution in [0.25, 0.3) is 0 Å². The van der Waals surface area contributed by atoms with Gasteiger partial charge in [0.25, 0.3) is 5.91 Å². The van der Waals surface area contributed by atoms with E-state index in [1.807, 2.05) is 24.3 Å². The summed E-state index contributed by atoms with van der Waals surface area (Å²) >= 11 is 5.85. The van der Waals surface area contributed by atoms with Crippen molar-refractivity contribution < 1.29 is 18.5 Å². The van der Waals surface area contributed by atoms with E-state index in [1.165, 1.54) is 0 Å². The zero-order chi connectivity index (χ0) is 16.8. The maximum atomic E-state index is 12.3. The third-order valence-electron chi connectivity index (χ3n) is 3.55. The van der Waals surface area contributed by atoms with Crippen molar-refractivity contribution in [1.29, 1.82) is 0 Å². The number of hydrogen-bond donors (Lipinski definition) is 2. The maximum Gasteiger partial charge on any atom is 0.279 e.